The summed E-state index contributed by atoms with van der Waals surface area (Å²) < 4.78 is 5.85. The Balaban J connectivity index is 1.72. The maximum absolute atomic E-state index is 13.1. The molecule has 1 N–H and O–H groups in total. The van der Waals surface area contributed by atoms with Crippen molar-refractivity contribution in [3.05, 3.63) is 95.6 Å². The summed E-state index contributed by atoms with van der Waals surface area (Å²) >= 11 is 0. The molecule has 3 aromatic rings. The summed E-state index contributed by atoms with van der Waals surface area (Å²) in [6, 6.07) is 22.3. The molecule has 28 heavy (non-hydrogen) atoms. The lowest BCUT2D eigenvalue weighted by atomic mass is 9.88. The second kappa shape index (κ2) is 7.04. The lowest BCUT2D eigenvalue weighted by Gasteiger charge is -2.34. The van der Waals surface area contributed by atoms with E-state index in [1.54, 1.807) is 6.26 Å². The largest absolute Gasteiger partial charge is 0.467 e. The zero-order valence-corrected chi connectivity index (χ0v) is 15.6. The van der Waals surface area contributed by atoms with E-state index in [0.29, 0.717) is 13.0 Å². The van der Waals surface area contributed by atoms with Gasteiger partial charge in [-0.15, -0.1) is 0 Å². The van der Waals surface area contributed by atoms with Crippen LogP contribution in [0.2, 0.25) is 0 Å². The molecule has 4 heteroatoms. The fourth-order valence-electron chi connectivity index (χ4n) is 4.30. The van der Waals surface area contributed by atoms with Crippen LogP contribution >= 0.6 is 0 Å². The van der Waals surface area contributed by atoms with Crippen LogP contribution in [-0.2, 0) is 11.3 Å². The summed E-state index contributed by atoms with van der Waals surface area (Å²) in [7, 11) is 0. The van der Waals surface area contributed by atoms with Crippen molar-refractivity contribution in [2.45, 2.75) is 31.8 Å². The number of allylic oxidation sites excluding steroid dienone is 1. The van der Waals surface area contributed by atoms with E-state index in [4.69, 9.17) is 4.42 Å². The number of hydrogen-bond acceptors (Lipinski definition) is 4. The van der Waals surface area contributed by atoms with Gasteiger partial charge in [-0.05, 0) is 42.7 Å². The molecule has 1 atom stereocenters. The summed E-state index contributed by atoms with van der Waals surface area (Å²) in [6.07, 6.45) is 4.04. The van der Waals surface area contributed by atoms with Crippen LogP contribution < -0.4 is 10.2 Å². The van der Waals surface area contributed by atoms with Gasteiger partial charge in [-0.25, -0.2) is 0 Å². The normalized spacial score (nSPS) is 18.9. The maximum Gasteiger partial charge on any atom is 0.163 e. The molecule has 0 amide bonds. The SMILES string of the molecule is O=C1CCCC2=C1C(c1ccco1)N(Cc1ccccc1)c1ccccc1N2. The van der Waals surface area contributed by atoms with Crippen LogP contribution in [0.4, 0.5) is 11.4 Å². The Kier molecular flexibility index (Phi) is 4.24. The molecule has 5 rings (SSSR count). The molecule has 2 heterocycles. The van der Waals surface area contributed by atoms with Crippen LogP contribution in [0.3, 0.4) is 0 Å². The molecule has 2 aliphatic rings. The van der Waals surface area contributed by atoms with Gasteiger partial charge in [0.1, 0.15) is 11.8 Å². The summed E-state index contributed by atoms with van der Waals surface area (Å²) in [4.78, 5) is 15.4. The number of hydrogen-bond donors (Lipinski definition) is 1. The Morgan fingerprint density at radius 3 is 2.61 bits per heavy atom. The minimum Gasteiger partial charge on any atom is -0.467 e. The lowest BCUT2D eigenvalue weighted by Crippen LogP contribution is -2.32. The molecule has 0 bridgehead atoms. The van der Waals surface area contributed by atoms with Crippen LogP contribution in [0.15, 0.2) is 88.7 Å². The zero-order chi connectivity index (χ0) is 18.9. The van der Waals surface area contributed by atoms with E-state index in [2.05, 4.69) is 46.6 Å². The van der Waals surface area contributed by atoms with E-state index in [1.807, 2.05) is 30.3 Å². The monoisotopic (exact) mass is 370 g/mol. The fourth-order valence-corrected chi connectivity index (χ4v) is 4.30. The van der Waals surface area contributed by atoms with Crippen LogP contribution in [0.5, 0.6) is 0 Å². The molecule has 1 aliphatic heterocycles. The zero-order valence-electron chi connectivity index (χ0n) is 15.6. The Labute approximate surface area is 164 Å². The van der Waals surface area contributed by atoms with Crippen molar-refractivity contribution >= 4 is 17.2 Å². The molecular weight excluding hydrogens is 348 g/mol. The third kappa shape index (κ3) is 2.91. The van der Waals surface area contributed by atoms with Gasteiger partial charge in [0.2, 0.25) is 0 Å². The van der Waals surface area contributed by atoms with E-state index in [9.17, 15) is 4.79 Å². The smallest absolute Gasteiger partial charge is 0.163 e. The molecule has 1 aliphatic carbocycles. The van der Waals surface area contributed by atoms with Crippen molar-refractivity contribution in [2.75, 3.05) is 10.2 Å². The van der Waals surface area contributed by atoms with Gasteiger partial charge in [0, 0.05) is 24.2 Å². The maximum atomic E-state index is 13.1. The van der Waals surface area contributed by atoms with Gasteiger partial charge in [-0.3, -0.25) is 4.79 Å². The lowest BCUT2D eigenvalue weighted by molar-refractivity contribution is -0.116. The Hall–Kier alpha value is -3.27. The van der Waals surface area contributed by atoms with Crippen LogP contribution in [-0.4, -0.2) is 5.78 Å². The number of fused-ring (bicyclic) bond motifs is 1. The molecule has 0 radical (unpaired) electrons. The van der Waals surface area contributed by atoms with Gasteiger partial charge in [0.15, 0.2) is 5.78 Å². The molecule has 1 aromatic heterocycles. The third-order valence-electron chi connectivity index (χ3n) is 5.55. The number of para-hydroxylation sites is 2. The van der Waals surface area contributed by atoms with Gasteiger partial charge in [0.25, 0.3) is 0 Å². The van der Waals surface area contributed by atoms with Crippen LogP contribution in [0.1, 0.15) is 36.6 Å². The summed E-state index contributed by atoms with van der Waals surface area (Å²) in [6.45, 7) is 0.689. The molecule has 0 saturated carbocycles. The second-order valence-corrected chi connectivity index (χ2v) is 7.34. The summed E-state index contributed by atoms with van der Waals surface area (Å²) in [5.41, 5.74) is 5.18. The van der Waals surface area contributed by atoms with Gasteiger partial charge in [0.05, 0.1) is 17.6 Å². The average molecular weight is 370 g/mol. The number of furan rings is 1. The molecule has 4 nitrogen and oxygen atoms in total. The number of anilines is 2. The molecule has 0 fully saturated rings. The number of Topliss-reactive ketones (excluding diaryl/α,β-unsaturated/α-hetero) is 1. The molecular formula is C24H22N2O2. The highest BCUT2D eigenvalue weighted by atomic mass is 16.3. The quantitative estimate of drug-likeness (QED) is 0.665. The Morgan fingerprint density at radius 1 is 0.964 bits per heavy atom. The van der Waals surface area contributed by atoms with Gasteiger partial charge in [-0.2, -0.15) is 0 Å². The predicted octanol–water partition coefficient (Wildman–Crippen LogP) is 5.46. The molecule has 0 spiro atoms. The summed E-state index contributed by atoms with van der Waals surface area (Å²) in [5.74, 6) is 1.01. The topological polar surface area (TPSA) is 45.5 Å². The van der Waals surface area contributed by atoms with Gasteiger partial charge < -0.3 is 14.6 Å². The van der Waals surface area contributed by atoms with Crippen LogP contribution in [0.25, 0.3) is 0 Å². The van der Waals surface area contributed by atoms with E-state index < -0.39 is 0 Å². The van der Waals surface area contributed by atoms with E-state index >= 15 is 0 Å². The van der Waals surface area contributed by atoms with E-state index in [1.165, 1.54) is 5.56 Å². The first kappa shape index (κ1) is 16.9. The summed E-state index contributed by atoms with van der Waals surface area (Å²) in [5, 5.41) is 3.57. The number of carbonyl (C=O) groups excluding carboxylic acids is 1. The molecule has 140 valence electrons. The number of benzene rings is 2. The number of carbonyl (C=O) groups is 1. The average Bonchev–Trinajstić information content (AvgIpc) is 3.21. The number of ketones is 1. The molecule has 2 aromatic carbocycles. The first-order valence-electron chi connectivity index (χ1n) is 9.77. The number of nitrogens with zero attached hydrogens (tertiary/aromatic N) is 1. The standard InChI is InChI=1S/C24H22N2O2/c27-21-13-6-11-19-23(21)24(22-14-7-15-28-22)26(16-17-8-2-1-3-9-17)20-12-5-4-10-18(20)25-19/h1-5,7-10,12,14-15,24-25H,6,11,13,16H2. The highest BCUT2D eigenvalue weighted by Crippen LogP contribution is 2.45. The highest BCUT2D eigenvalue weighted by Gasteiger charge is 2.38. The van der Waals surface area contributed by atoms with Gasteiger partial charge >= 0.3 is 0 Å². The predicted molar refractivity (Wildman–Crippen MR) is 110 cm³/mol. The van der Waals surface area contributed by atoms with Crippen molar-refractivity contribution in [1.29, 1.82) is 0 Å². The third-order valence-corrected chi connectivity index (χ3v) is 5.55. The molecule has 0 saturated heterocycles. The van der Waals surface area contributed by atoms with Crippen molar-refractivity contribution in [3.63, 3.8) is 0 Å². The van der Waals surface area contributed by atoms with Crippen molar-refractivity contribution in [2.24, 2.45) is 0 Å². The number of nitrogens with one attached hydrogen (secondary N) is 1. The van der Waals surface area contributed by atoms with E-state index in [0.717, 1.165) is 41.2 Å². The van der Waals surface area contributed by atoms with Crippen molar-refractivity contribution in [1.82, 2.24) is 0 Å². The Bertz CT molecular complexity index is 1020. The van der Waals surface area contributed by atoms with Crippen molar-refractivity contribution in [3.8, 4) is 0 Å². The second-order valence-electron chi connectivity index (χ2n) is 7.34. The first-order valence-corrected chi connectivity index (χ1v) is 9.77. The van der Waals surface area contributed by atoms with E-state index in [-0.39, 0.29) is 11.8 Å². The van der Waals surface area contributed by atoms with Crippen molar-refractivity contribution < 1.29 is 9.21 Å². The minimum atomic E-state index is -0.242. The first-order chi connectivity index (χ1) is 13.8. The highest BCUT2D eigenvalue weighted by molar-refractivity contribution is 6.00. The Morgan fingerprint density at radius 2 is 1.79 bits per heavy atom. The minimum absolute atomic E-state index is 0.209. The number of rotatable bonds is 3. The van der Waals surface area contributed by atoms with Crippen LogP contribution in [0, 0.1) is 0 Å². The fraction of sp³-hybridized carbons (Fsp3) is 0.208. The van der Waals surface area contributed by atoms with Gasteiger partial charge in [-0.1, -0.05) is 42.5 Å². The molecule has 1 unspecified atom stereocenters.